The molecule has 2 aliphatic rings. The number of nitrogens with one attached hydrogen (secondary N) is 1. The van der Waals surface area contributed by atoms with E-state index in [1.807, 2.05) is 0 Å². The van der Waals surface area contributed by atoms with E-state index in [-0.39, 0.29) is 0 Å². The molecule has 0 aromatic rings. The first-order valence-corrected chi connectivity index (χ1v) is 6.34. The molecule has 94 valence electrons. The number of rotatable bonds is 6. The molecule has 0 saturated carbocycles. The molecular weight excluding hydrogens is 206 g/mol. The summed E-state index contributed by atoms with van der Waals surface area (Å²) < 4.78 is 16.5. The molecule has 0 spiro atoms. The smallest absolute Gasteiger partial charge is 0.0877 e. The summed E-state index contributed by atoms with van der Waals surface area (Å²) >= 11 is 0. The van der Waals surface area contributed by atoms with Crippen molar-refractivity contribution in [1.82, 2.24) is 5.32 Å². The topological polar surface area (TPSA) is 39.7 Å². The Labute approximate surface area is 97.6 Å². The fourth-order valence-corrected chi connectivity index (χ4v) is 2.61. The zero-order chi connectivity index (χ0) is 11.2. The molecule has 3 atom stereocenters. The normalized spacial score (nSPS) is 34.7. The molecule has 4 nitrogen and oxygen atoms in total. The van der Waals surface area contributed by atoms with E-state index in [4.69, 9.17) is 14.2 Å². The fourth-order valence-electron chi connectivity index (χ4n) is 2.61. The molecule has 1 N–H and O–H groups in total. The average molecular weight is 229 g/mol. The Kier molecular flexibility index (Phi) is 5.03. The largest absolute Gasteiger partial charge is 0.383 e. The SMILES string of the molecule is COCCNCC1CCOC1C1CCCO1. The minimum atomic E-state index is 0.317. The first-order chi connectivity index (χ1) is 7.92. The van der Waals surface area contributed by atoms with Crippen LogP contribution in [0.25, 0.3) is 0 Å². The molecule has 0 aromatic heterocycles. The molecular formula is C12H23NO3. The minimum Gasteiger partial charge on any atom is -0.383 e. The highest BCUT2D eigenvalue weighted by molar-refractivity contribution is 4.86. The zero-order valence-electron chi connectivity index (χ0n) is 10.1. The predicted molar refractivity (Wildman–Crippen MR) is 61.6 cm³/mol. The van der Waals surface area contributed by atoms with Crippen molar-refractivity contribution in [3.8, 4) is 0 Å². The van der Waals surface area contributed by atoms with Crippen molar-refractivity contribution in [2.75, 3.05) is 40.0 Å². The van der Waals surface area contributed by atoms with Crippen LogP contribution in [0.5, 0.6) is 0 Å². The quantitative estimate of drug-likeness (QED) is 0.684. The molecule has 0 aromatic carbocycles. The Morgan fingerprint density at radius 1 is 1.25 bits per heavy atom. The number of methoxy groups -OCH3 is 1. The van der Waals surface area contributed by atoms with Crippen LogP contribution in [0.15, 0.2) is 0 Å². The summed E-state index contributed by atoms with van der Waals surface area (Å²) in [6.45, 7) is 4.52. The molecule has 3 unspecified atom stereocenters. The van der Waals surface area contributed by atoms with E-state index in [9.17, 15) is 0 Å². The van der Waals surface area contributed by atoms with Crippen LogP contribution in [0.2, 0.25) is 0 Å². The van der Waals surface area contributed by atoms with Gasteiger partial charge in [0.2, 0.25) is 0 Å². The molecule has 2 aliphatic heterocycles. The second-order valence-corrected chi connectivity index (χ2v) is 4.63. The van der Waals surface area contributed by atoms with Crippen molar-refractivity contribution in [2.24, 2.45) is 5.92 Å². The summed E-state index contributed by atoms with van der Waals surface area (Å²) in [5, 5.41) is 3.42. The lowest BCUT2D eigenvalue weighted by molar-refractivity contribution is -0.0328. The molecule has 2 rings (SSSR count). The van der Waals surface area contributed by atoms with Crippen molar-refractivity contribution >= 4 is 0 Å². The van der Waals surface area contributed by atoms with Crippen molar-refractivity contribution in [1.29, 1.82) is 0 Å². The maximum atomic E-state index is 5.81. The second-order valence-electron chi connectivity index (χ2n) is 4.63. The van der Waals surface area contributed by atoms with E-state index in [1.54, 1.807) is 7.11 Å². The van der Waals surface area contributed by atoms with Gasteiger partial charge in [0.25, 0.3) is 0 Å². The number of hydrogen-bond donors (Lipinski definition) is 1. The van der Waals surface area contributed by atoms with Crippen molar-refractivity contribution in [3.63, 3.8) is 0 Å². The van der Waals surface area contributed by atoms with E-state index >= 15 is 0 Å². The molecule has 0 amide bonds. The van der Waals surface area contributed by atoms with Gasteiger partial charge in [-0.1, -0.05) is 0 Å². The van der Waals surface area contributed by atoms with Gasteiger partial charge in [0.05, 0.1) is 18.8 Å². The van der Waals surface area contributed by atoms with E-state index < -0.39 is 0 Å². The highest BCUT2D eigenvalue weighted by atomic mass is 16.5. The third-order valence-electron chi connectivity index (χ3n) is 3.48. The van der Waals surface area contributed by atoms with Gasteiger partial charge in [-0.2, -0.15) is 0 Å². The van der Waals surface area contributed by atoms with Gasteiger partial charge in [-0.15, -0.1) is 0 Å². The second kappa shape index (κ2) is 6.55. The summed E-state index contributed by atoms with van der Waals surface area (Å²) in [6.07, 6.45) is 4.17. The van der Waals surface area contributed by atoms with E-state index in [2.05, 4.69) is 5.32 Å². The predicted octanol–water partition coefficient (Wildman–Crippen LogP) is 0.806. The lowest BCUT2D eigenvalue weighted by atomic mass is 9.96. The molecule has 4 heteroatoms. The zero-order valence-corrected chi connectivity index (χ0v) is 10.1. The monoisotopic (exact) mass is 229 g/mol. The average Bonchev–Trinajstić information content (AvgIpc) is 2.94. The van der Waals surface area contributed by atoms with Crippen LogP contribution in [0.3, 0.4) is 0 Å². The maximum absolute atomic E-state index is 5.81. The highest BCUT2D eigenvalue weighted by Crippen LogP contribution is 2.29. The van der Waals surface area contributed by atoms with Gasteiger partial charge >= 0.3 is 0 Å². The van der Waals surface area contributed by atoms with Crippen LogP contribution in [0.4, 0.5) is 0 Å². The standard InChI is InChI=1S/C12H23NO3/c1-14-8-5-13-9-10-4-7-16-12(10)11-3-2-6-15-11/h10-13H,2-9H2,1H3. The molecule has 2 heterocycles. The lowest BCUT2D eigenvalue weighted by Gasteiger charge is -2.24. The number of hydrogen-bond acceptors (Lipinski definition) is 4. The Morgan fingerprint density at radius 2 is 2.19 bits per heavy atom. The summed E-state index contributed by atoms with van der Waals surface area (Å²) in [5.74, 6) is 0.611. The third-order valence-corrected chi connectivity index (χ3v) is 3.48. The molecule has 0 radical (unpaired) electrons. The van der Waals surface area contributed by atoms with Gasteiger partial charge in [-0.25, -0.2) is 0 Å². The molecule has 2 fully saturated rings. The summed E-state index contributed by atoms with van der Waals surface area (Å²) in [6, 6.07) is 0. The molecule has 0 bridgehead atoms. The van der Waals surface area contributed by atoms with Crippen LogP contribution in [0, 0.1) is 5.92 Å². The molecule has 16 heavy (non-hydrogen) atoms. The lowest BCUT2D eigenvalue weighted by Crippen LogP contribution is -2.37. The summed E-state index contributed by atoms with van der Waals surface area (Å²) in [5.41, 5.74) is 0. The van der Waals surface area contributed by atoms with Gasteiger partial charge < -0.3 is 19.5 Å². The van der Waals surface area contributed by atoms with Crippen molar-refractivity contribution in [2.45, 2.75) is 31.5 Å². The summed E-state index contributed by atoms with van der Waals surface area (Å²) in [7, 11) is 1.73. The van der Waals surface area contributed by atoms with Crippen molar-refractivity contribution in [3.05, 3.63) is 0 Å². The Hall–Kier alpha value is -0.160. The maximum Gasteiger partial charge on any atom is 0.0877 e. The fraction of sp³-hybridized carbons (Fsp3) is 1.00. The van der Waals surface area contributed by atoms with Gasteiger partial charge in [0.15, 0.2) is 0 Å². The van der Waals surface area contributed by atoms with Crippen LogP contribution >= 0.6 is 0 Å². The molecule has 0 aliphatic carbocycles. The molecule has 2 saturated heterocycles. The van der Waals surface area contributed by atoms with Gasteiger partial charge in [0.1, 0.15) is 0 Å². The first-order valence-electron chi connectivity index (χ1n) is 6.34. The van der Waals surface area contributed by atoms with Crippen LogP contribution in [0.1, 0.15) is 19.3 Å². The minimum absolute atomic E-state index is 0.317. The number of ether oxygens (including phenoxy) is 3. The first kappa shape index (κ1) is 12.3. The van der Waals surface area contributed by atoms with E-state index in [0.29, 0.717) is 18.1 Å². The Balaban J connectivity index is 1.70. The van der Waals surface area contributed by atoms with Gasteiger partial charge in [-0.3, -0.25) is 0 Å². The van der Waals surface area contributed by atoms with E-state index in [1.165, 1.54) is 12.8 Å². The summed E-state index contributed by atoms with van der Waals surface area (Å²) in [4.78, 5) is 0. The van der Waals surface area contributed by atoms with Gasteiger partial charge in [-0.05, 0) is 19.3 Å². The highest BCUT2D eigenvalue weighted by Gasteiger charge is 2.36. The Morgan fingerprint density at radius 3 is 2.94 bits per heavy atom. The van der Waals surface area contributed by atoms with Crippen molar-refractivity contribution < 1.29 is 14.2 Å². The third kappa shape index (κ3) is 3.17. The van der Waals surface area contributed by atoms with Crippen LogP contribution in [-0.2, 0) is 14.2 Å². The van der Waals surface area contributed by atoms with Crippen LogP contribution in [-0.4, -0.2) is 52.2 Å². The van der Waals surface area contributed by atoms with E-state index in [0.717, 1.165) is 39.3 Å². The Bertz CT molecular complexity index is 195. The van der Waals surface area contributed by atoms with Crippen LogP contribution < -0.4 is 5.32 Å². The van der Waals surface area contributed by atoms with Gasteiger partial charge in [0, 0.05) is 39.3 Å².